The minimum Gasteiger partial charge on any atom is -1.00 e. The number of hydrogen-bond acceptors (Lipinski definition) is 1. The zero-order chi connectivity index (χ0) is 4.50. The van der Waals surface area contributed by atoms with E-state index in [1.54, 1.807) is 0 Å². The molecule has 0 aliphatic carbocycles. The third kappa shape index (κ3) is 115. The van der Waals surface area contributed by atoms with E-state index in [9.17, 15) is 0 Å². The van der Waals surface area contributed by atoms with Crippen molar-refractivity contribution in [2.45, 2.75) is 0 Å². The zero-order valence-electron chi connectivity index (χ0n) is 22.2. The Balaban J connectivity index is -0.000000000421. The molecule has 52 valence electrons. The van der Waals surface area contributed by atoms with Gasteiger partial charge in [0.15, 0.2) is 0 Å². The van der Waals surface area contributed by atoms with Gasteiger partial charge in [0.25, 0.3) is 0 Å². The quantitative estimate of drug-likeness (QED) is 0.303. The molecule has 0 spiro atoms. The molecule has 4 nitrogen and oxygen atoms in total. The Hall–Kier alpha value is 10.1. The predicted octanol–water partition coefficient (Wildman–Crippen LogP) is -29.8. The third-order valence-corrected chi connectivity index (χ3v) is 0. The number of hydrogen-bond donors (Lipinski definition) is 3. The molecule has 3 N–H and O–H groups in total. The van der Waals surface area contributed by atoms with Gasteiger partial charge in [-0.15, -0.1) is 0 Å². The minimum atomic E-state index is -4.64. The molecule has 0 heterocycles. The van der Waals surface area contributed by atoms with E-state index in [0.717, 1.165) is 0 Å². The van der Waals surface area contributed by atoms with Crippen LogP contribution >= 0.6 is 7.82 Å². The summed E-state index contributed by atoms with van der Waals surface area (Å²) in [4.78, 5) is 21.6. The van der Waals surface area contributed by atoms with E-state index < -0.39 is 7.82 Å². The molecule has 0 saturated heterocycles. The van der Waals surface area contributed by atoms with E-state index in [2.05, 4.69) is 0 Å². The standard InChI is InChI=1S/10Na.H3O4P.10H/c;;;;;;;;;;1-5(2,3)4;;;;;;;;;;/h;;;;;;;;;;(H3,1,2,3,4);;;;;;;;;;/q10*+1;;10*-1. The fraction of sp³-hybridized carbons (Fsp3) is 0. The van der Waals surface area contributed by atoms with Crippen molar-refractivity contribution in [2.24, 2.45) is 0 Å². The van der Waals surface area contributed by atoms with Crippen LogP contribution in [-0.4, -0.2) is 14.7 Å². The Bertz CT molecular complexity index is 87.8. The molecule has 0 atom stereocenters. The van der Waals surface area contributed by atoms with Crippen molar-refractivity contribution in [1.82, 2.24) is 0 Å². The molecule has 0 rings (SSSR count). The first kappa shape index (κ1) is 73.3. The van der Waals surface area contributed by atoms with E-state index >= 15 is 0 Å². The summed E-state index contributed by atoms with van der Waals surface area (Å²) in [6, 6.07) is 0. The summed E-state index contributed by atoms with van der Waals surface area (Å²) in [5.41, 5.74) is 0. The van der Waals surface area contributed by atoms with Crippen molar-refractivity contribution in [3.05, 3.63) is 0 Å². The molecular formula is H13Na10O4P. The molecule has 15 heavy (non-hydrogen) atoms. The van der Waals surface area contributed by atoms with E-state index in [1.165, 1.54) is 0 Å². The summed E-state index contributed by atoms with van der Waals surface area (Å²) in [6.07, 6.45) is 0. The SMILES string of the molecule is O=P(O)(O)O.[H-].[H-].[H-].[H-].[H-].[H-].[H-].[H-].[H-].[H-].[Na+].[Na+].[Na+].[Na+].[Na+].[Na+].[Na+].[Na+].[Na+].[Na+]. The minimum absolute atomic E-state index is 0. The monoisotopic (exact) mass is 338 g/mol. The number of phosphoric acid groups is 1. The molecule has 0 aromatic heterocycles. The topological polar surface area (TPSA) is 77.8 Å². The van der Waals surface area contributed by atoms with Gasteiger partial charge in [-0.1, -0.05) is 0 Å². The molecule has 0 aromatic rings. The molecule has 0 bridgehead atoms. The first-order chi connectivity index (χ1) is 2.00. The molecule has 0 saturated carbocycles. The Labute approximate surface area is 327 Å². The van der Waals surface area contributed by atoms with Crippen molar-refractivity contribution in [3.63, 3.8) is 0 Å². The van der Waals surface area contributed by atoms with Crippen LogP contribution in [0.5, 0.6) is 0 Å². The summed E-state index contributed by atoms with van der Waals surface area (Å²) >= 11 is 0. The summed E-state index contributed by atoms with van der Waals surface area (Å²) in [5.74, 6) is 0. The van der Waals surface area contributed by atoms with Crippen LogP contribution in [0.3, 0.4) is 0 Å². The van der Waals surface area contributed by atoms with E-state index in [-0.39, 0.29) is 310 Å². The number of rotatable bonds is 0. The van der Waals surface area contributed by atoms with Gasteiger partial charge in [-0.2, -0.15) is 0 Å². The molecule has 0 aliphatic rings. The van der Waals surface area contributed by atoms with E-state index in [1.807, 2.05) is 0 Å². The first-order valence-corrected chi connectivity index (χ1v) is 2.35. The molecule has 0 aromatic carbocycles. The smallest absolute Gasteiger partial charge is 1.00 e. The fourth-order valence-electron chi connectivity index (χ4n) is 0. The maximum absolute atomic E-state index is 8.88. The van der Waals surface area contributed by atoms with Gasteiger partial charge in [-0.05, 0) is 0 Å². The normalized spacial score (nSPS) is 3.93. The largest absolute Gasteiger partial charge is 1.00 e. The average molecular weight is 338 g/mol. The molecule has 0 unspecified atom stereocenters. The van der Waals surface area contributed by atoms with Crippen LogP contribution < -0.4 is 296 Å². The van der Waals surface area contributed by atoms with Gasteiger partial charge in [-0.25, -0.2) is 4.57 Å². The molecule has 0 radical (unpaired) electrons. The molecule has 0 fully saturated rings. The van der Waals surface area contributed by atoms with E-state index in [4.69, 9.17) is 19.2 Å². The van der Waals surface area contributed by atoms with E-state index in [0.29, 0.717) is 0 Å². The fourth-order valence-corrected chi connectivity index (χ4v) is 0. The Morgan fingerprint density at radius 1 is 0.533 bits per heavy atom. The van der Waals surface area contributed by atoms with Gasteiger partial charge in [0, 0.05) is 0 Å². The van der Waals surface area contributed by atoms with Gasteiger partial charge in [0.05, 0.1) is 0 Å². The van der Waals surface area contributed by atoms with Crippen molar-refractivity contribution in [2.75, 3.05) is 0 Å². The van der Waals surface area contributed by atoms with Crippen LogP contribution in [0.4, 0.5) is 0 Å². The van der Waals surface area contributed by atoms with Crippen LogP contribution in [0.1, 0.15) is 14.3 Å². The Kier molecular flexibility index (Phi) is 242. The van der Waals surface area contributed by atoms with Crippen LogP contribution in [0.25, 0.3) is 0 Å². The second-order valence-electron chi connectivity index (χ2n) is 0.513. The summed E-state index contributed by atoms with van der Waals surface area (Å²) in [7, 11) is -4.64. The van der Waals surface area contributed by atoms with Gasteiger partial charge in [-0.3, -0.25) is 0 Å². The van der Waals surface area contributed by atoms with Crippen molar-refractivity contribution >= 4 is 7.82 Å². The van der Waals surface area contributed by atoms with Crippen LogP contribution in [0, 0.1) is 0 Å². The molecule has 0 aliphatic heterocycles. The molecular weight excluding hydrogens is 325 g/mol. The second-order valence-corrected chi connectivity index (χ2v) is 1.54. The van der Waals surface area contributed by atoms with Crippen LogP contribution in [-0.2, 0) is 4.57 Å². The van der Waals surface area contributed by atoms with Crippen LogP contribution in [0.2, 0.25) is 0 Å². The van der Waals surface area contributed by atoms with Crippen molar-refractivity contribution in [1.29, 1.82) is 0 Å². The molecule has 0 amide bonds. The first-order valence-electron chi connectivity index (χ1n) is 0.783. The third-order valence-electron chi connectivity index (χ3n) is 0. The average Bonchev–Trinajstić information content (AvgIpc) is 0.722. The second kappa shape index (κ2) is 49.6. The van der Waals surface area contributed by atoms with Gasteiger partial charge >= 0.3 is 303 Å². The van der Waals surface area contributed by atoms with Crippen molar-refractivity contribution in [3.8, 4) is 0 Å². The Morgan fingerprint density at radius 2 is 0.533 bits per heavy atom. The predicted molar refractivity (Wildman–Crippen MR) is 25.4 cm³/mol. The maximum atomic E-state index is 8.88. The van der Waals surface area contributed by atoms with Gasteiger partial charge in [0.1, 0.15) is 0 Å². The summed E-state index contributed by atoms with van der Waals surface area (Å²) in [5, 5.41) is 0. The van der Waals surface area contributed by atoms with Crippen molar-refractivity contribution < 1.29 is 329 Å². The Morgan fingerprint density at radius 3 is 0.533 bits per heavy atom. The summed E-state index contributed by atoms with van der Waals surface area (Å²) in [6.45, 7) is 0. The maximum Gasteiger partial charge on any atom is 1.00 e. The van der Waals surface area contributed by atoms with Gasteiger partial charge < -0.3 is 28.9 Å². The molecule has 15 heteroatoms. The van der Waals surface area contributed by atoms with Gasteiger partial charge in [0.2, 0.25) is 0 Å². The van der Waals surface area contributed by atoms with Crippen LogP contribution in [0.15, 0.2) is 0 Å². The zero-order valence-corrected chi connectivity index (χ0v) is 33.1. The summed E-state index contributed by atoms with van der Waals surface area (Å²) < 4.78 is 8.88.